The molecule has 1 saturated heterocycles. The summed E-state index contributed by atoms with van der Waals surface area (Å²) in [6.07, 6.45) is 5.56. The second-order valence-corrected chi connectivity index (χ2v) is 9.46. The zero-order chi connectivity index (χ0) is 22.2. The van der Waals surface area contributed by atoms with Gasteiger partial charge in [-0.05, 0) is 43.0 Å². The second kappa shape index (κ2) is 8.52. The van der Waals surface area contributed by atoms with Crippen molar-refractivity contribution in [3.05, 3.63) is 79.8 Å². The van der Waals surface area contributed by atoms with Crippen molar-refractivity contribution in [1.29, 1.82) is 0 Å². The number of benzene rings is 1. The lowest BCUT2D eigenvalue weighted by Gasteiger charge is -2.31. The maximum atomic E-state index is 13.3. The van der Waals surface area contributed by atoms with Crippen molar-refractivity contribution in [3.8, 4) is 0 Å². The quantitative estimate of drug-likeness (QED) is 0.474. The molecule has 1 fully saturated rings. The molecule has 5 rings (SSSR count). The molecule has 3 aromatic heterocycles. The number of hydrogen-bond donors (Lipinski definition) is 1. The maximum absolute atomic E-state index is 13.3. The standard InChI is InChI=1S/C23H21ClN4O3S/c1-13-18-20(29)26-12-27-22(18)32-19(13)23(30)28-8-2-3-15(11-28)21-25-10-17(31-21)9-14-4-6-16(24)7-5-14/h4-7,10,12,15H,2-3,8-9,11H2,1H3,(H,26,27,29). The fourth-order valence-electron chi connectivity index (χ4n) is 4.19. The molecule has 0 aliphatic carbocycles. The molecule has 4 heterocycles. The highest BCUT2D eigenvalue weighted by molar-refractivity contribution is 7.20. The lowest BCUT2D eigenvalue weighted by Crippen LogP contribution is -2.39. The Morgan fingerprint density at radius 3 is 2.91 bits per heavy atom. The number of aromatic nitrogens is 3. The summed E-state index contributed by atoms with van der Waals surface area (Å²) in [5.74, 6) is 1.43. The van der Waals surface area contributed by atoms with Gasteiger partial charge in [-0.1, -0.05) is 23.7 Å². The van der Waals surface area contributed by atoms with Crippen LogP contribution in [0.15, 0.2) is 46.0 Å². The first-order chi connectivity index (χ1) is 15.5. The Labute approximate surface area is 193 Å². The van der Waals surface area contributed by atoms with Crippen LogP contribution in [0.2, 0.25) is 5.02 Å². The van der Waals surface area contributed by atoms with Gasteiger partial charge in [0.05, 0.1) is 28.7 Å². The SMILES string of the molecule is Cc1c(C(=O)N2CCCC(c3ncc(Cc4ccc(Cl)cc4)o3)C2)sc2nc[nH]c(=O)c12. The van der Waals surface area contributed by atoms with Gasteiger partial charge in [0.25, 0.3) is 11.5 Å². The number of carbonyl (C=O) groups is 1. The van der Waals surface area contributed by atoms with Gasteiger partial charge in [-0.15, -0.1) is 11.3 Å². The van der Waals surface area contributed by atoms with E-state index in [0.29, 0.717) is 51.1 Å². The van der Waals surface area contributed by atoms with E-state index >= 15 is 0 Å². The minimum absolute atomic E-state index is 0.0443. The van der Waals surface area contributed by atoms with E-state index in [1.54, 1.807) is 6.20 Å². The van der Waals surface area contributed by atoms with Crippen LogP contribution < -0.4 is 5.56 Å². The van der Waals surface area contributed by atoms with Crippen LogP contribution in [0.25, 0.3) is 10.2 Å². The number of nitrogens with one attached hydrogen (secondary N) is 1. The number of carbonyl (C=O) groups excluding carboxylic acids is 1. The molecule has 1 atom stereocenters. The number of halogens is 1. The molecular weight excluding hydrogens is 448 g/mol. The Bertz CT molecular complexity index is 1340. The second-order valence-electron chi connectivity index (χ2n) is 8.03. The van der Waals surface area contributed by atoms with E-state index < -0.39 is 0 Å². The summed E-state index contributed by atoms with van der Waals surface area (Å²) < 4.78 is 6.04. The van der Waals surface area contributed by atoms with Crippen LogP contribution in [-0.2, 0) is 6.42 Å². The van der Waals surface area contributed by atoms with Crippen molar-refractivity contribution < 1.29 is 9.21 Å². The van der Waals surface area contributed by atoms with Crippen LogP contribution in [0.3, 0.4) is 0 Å². The molecule has 1 aliphatic heterocycles. The van der Waals surface area contributed by atoms with Gasteiger partial charge in [-0.3, -0.25) is 9.59 Å². The molecule has 164 valence electrons. The van der Waals surface area contributed by atoms with Crippen LogP contribution in [0, 0.1) is 6.92 Å². The van der Waals surface area contributed by atoms with Crippen LogP contribution in [0.1, 0.15) is 51.2 Å². The number of amides is 1. The van der Waals surface area contributed by atoms with E-state index in [0.717, 1.165) is 24.2 Å². The Kier molecular flexibility index (Phi) is 5.57. The third-order valence-corrected chi connectivity index (χ3v) is 7.29. The van der Waals surface area contributed by atoms with E-state index in [2.05, 4.69) is 15.0 Å². The summed E-state index contributed by atoms with van der Waals surface area (Å²) >= 11 is 7.23. The van der Waals surface area contributed by atoms with Gasteiger partial charge in [0.1, 0.15) is 10.6 Å². The van der Waals surface area contributed by atoms with Gasteiger partial charge in [-0.25, -0.2) is 9.97 Å². The summed E-state index contributed by atoms with van der Waals surface area (Å²) in [4.78, 5) is 39.7. The predicted octanol–water partition coefficient (Wildman–Crippen LogP) is 4.55. The number of H-pyrrole nitrogens is 1. The number of fused-ring (bicyclic) bond motifs is 1. The Morgan fingerprint density at radius 1 is 1.31 bits per heavy atom. The van der Waals surface area contributed by atoms with E-state index in [1.165, 1.54) is 17.7 Å². The lowest BCUT2D eigenvalue weighted by atomic mass is 9.97. The maximum Gasteiger partial charge on any atom is 0.264 e. The van der Waals surface area contributed by atoms with Crippen molar-refractivity contribution >= 4 is 39.1 Å². The number of rotatable bonds is 4. The normalized spacial score (nSPS) is 16.6. The third kappa shape index (κ3) is 3.96. The average molecular weight is 469 g/mol. The number of nitrogens with zero attached hydrogens (tertiary/aromatic N) is 3. The molecule has 0 saturated carbocycles. The summed E-state index contributed by atoms with van der Waals surface area (Å²) in [5, 5.41) is 1.20. The van der Waals surface area contributed by atoms with Crippen LogP contribution >= 0.6 is 22.9 Å². The van der Waals surface area contributed by atoms with Gasteiger partial charge in [0, 0.05) is 24.5 Å². The van der Waals surface area contributed by atoms with E-state index in [1.807, 2.05) is 36.1 Å². The molecule has 9 heteroatoms. The molecule has 1 amide bonds. The lowest BCUT2D eigenvalue weighted by molar-refractivity contribution is 0.0702. The molecule has 32 heavy (non-hydrogen) atoms. The zero-order valence-corrected chi connectivity index (χ0v) is 19.0. The van der Waals surface area contributed by atoms with E-state index in [9.17, 15) is 9.59 Å². The van der Waals surface area contributed by atoms with Crippen molar-refractivity contribution in [3.63, 3.8) is 0 Å². The van der Waals surface area contributed by atoms with Gasteiger partial charge in [0.15, 0.2) is 5.89 Å². The molecule has 4 aromatic rings. The Hall–Kier alpha value is -2.97. The number of thiophene rings is 1. The molecule has 0 bridgehead atoms. The molecule has 1 aliphatic rings. The largest absolute Gasteiger partial charge is 0.445 e. The number of aromatic amines is 1. The number of oxazole rings is 1. The molecule has 0 radical (unpaired) electrons. The van der Waals surface area contributed by atoms with E-state index in [4.69, 9.17) is 16.0 Å². The Balaban J connectivity index is 1.33. The van der Waals surface area contributed by atoms with E-state index in [-0.39, 0.29) is 17.4 Å². The summed E-state index contributed by atoms with van der Waals surface area (Å²) in [6.45, 7) is 3.02. The predicted molar refractivity (Wildman–Crippen MR) is 124 cm³/mol. The minimum atomic E-state index is -0.215. The number of aryl methyl sites for hydroxylation is 1. The molecular formula is C23H21ClN4O3S. The Morgan fingerprint density at radius 2 is 2.12 bits per heavy atom. The molecule has 1 N–H and O–H groups in total. The third-order valence-electron chi connectivity index (χ3n) is 5.85. The van der Waals surface area contributed by atoms with Crippen molar-refractivity contribution in [2.24, 2.45) is 0 Å². The number of hydrogen-bond acceptors (Lipinski definition) is 6. The highest BCUT2D eigenvalue weighted by Crippen LogP contribution is 2.32. The fourth-order valence-corrected chi connectivity index (χ4v) is 5.43. The summed E-state index contributed by atoms with van der Waals surface area (Å²) in [6, 6.07) is 7.66. The topological polar surface area (TPSA) is 92.1 Å². The first-order valence-electron chi connectivity index (χ1n) is 10.4. The first-order valence-corrected chi connectivity index (χ1v) is 11.6. The van der Waals surface area contributed by atoms with Gasteiger partial charge in [-0.2, -0.15) is 0 Å². The van der Waals surface area contributed by atoms with Gasteiger partial charge in [0.2, 0.25) is 0 Å². The van der Waals surface area contributed by atoms with Gasteiger partial charge < -0.3 is 14.3 Å². The molecule has 7 nitrogen and oxygen atoms in total. The fraction of sp³-hybridized carbons (Fsp3) is 0.304. The molecule has 1 aromatic carbocycles. The van der Waals surface area contributed by atoms with Gasteiger partial charge >= 0.3 is 0 Å². The van der Waals surface area contributed by atoms with Crippen LogP contribution in [0.5, 0.6) is 0 Å². The van der Waals surface area contributed by atoms with Crippen molar-refractivity contribution in [1.82, 2.24) is 19.9 Å². The monoisotopic (exact) mass is 468 g/mol. The van der Waals surface area contributed by atoms with Crippen molar-refractivity contribution in [2.75, 3.05) is 13.1 Å². The summed E-state index contributed by atoms with van der Waals surface area (Å²) in [7, 11) is 0. The van der Waals surface area contributed by atoms with Crippen LogP contribution in [-0.4, -0.2) is 38.8 Å². The number of likely N-dealkylation sites (tertiary alicyclic amines) is 1. The highest BCUT2D eigenvalue weighted by Gasteiger charge is 2.30. The molecule has 0 spiro atoms. The average Bonchev–Trinajstić information content (AvgIpc) is 3.40. The smallest absolute Gasteiger partial charge is 0.264 e. The highest BCUT2D eigenvalue weighted by atomic mass is 35.5. The zero-order valence-electron chi connectivity index (χ0n) is 17.4. The minimum Gasteiger partial charge on any atom is -0.445 e. The number of piperidine rings is 1. The summed E-state index contributed by atoms with van der Waals surface area (Å²) in [5.41, 5.74) is 1.57. The first kappa shape index (κ1) is 20.9. The van der Waals surface area contributed by atoms with Crippen LogP contribution in [0.4, 0.5) is 0 Å². The van der Waals surface area contributed by atoms with Crippen molar-refractivity contribution in [2.45, 2.75) is 32.1 Å². The molecule has 1 unspecified atom stereocenters.